The molecule has 0 aliphatic carbocycles. The third-order valence-corrected chi connectivity index (χ3v) is 5.89. The molecule has 37 heavy (non-hydrogen) atoms. The molecule has 4 heterocycles. The molecule has 1 unspecified atom stereocenters. The number of rotatable bonds is 6. The summed E-state index contributed by atoms with van der Waals surface area (Å²) in [5.74, 6) is -1.97. The van der Waals surface area contributed by atoms with Crippen LogP contribution in [0.5, 0.6) is 11.5 Å². The summed E-state index contributed by atoms with van der Waals surface area (Å²) in [6.07, 6.45) is -0.692. The van der Waals surface area contributed by atoms with Gasteiger partial charge in [-0.15, -0.1) is 13.2 Å². The zero-order chi connectivity index (χ0) is 26.0. The number of hydrogen-bond acceptors (Lipinski definition) is 8. The maximum atomic E-state index is 14.7. The first-order valence-electron chi connectivity index (χ1n) is 10.9. The highest BCUT2D eigenvalue weighted by Gasteiger charge is 2.42. The summed E-state index contributed by atoms with van der Waals surface area (Å²) < 4.78 is 66.8. The van der Waals surface area contributed by atoms with E-state index in [4.69, 9.17) is 9.26 Å². The average molecular weight is 515 g/mol. The topological polar surface area (TPSA) is 112 Å². The predicted octanol–water partition coefficient (Wildman–Crippen LogP) is 4.06. The van der Waals surface area contributed by atoms with Crippen molar-refractivity contribution in [3.05, 3.63) is 84.0 Å². The second-order valence-corrected chi connectivity index (χ2v) is 8.09. The van der Waals surface area contributed by atoms with Crippen LogP contribution in [0.25, 0.3) is 11.4 Å². The molecule has 1 aliphatic rings. The van der Waals surface area contributed by atoms with Gasteiger partial charge in [0.2, 0.25) is 12.2 Å². The molecule has 1 aliphatic heterocycles. The van der Waals surface area contributed by atoms with Crippen molar-refractivity contribution in [2.24, 2.45) is 0 Å². The maximum Gasteiger partial charge on any atom is 0.573 e. The van der Waals surface area contributed by atoms with Crippen LogP contribution < -0.4 is 14.8 Å². The average Bonchev–Trinajstić information content (AvgIpc) is 3.43. The van der Waals surface area contributed by atoms with Crippen LogP contribution in [0.1, 0.15) is 28.2 Å². The van der Waals surface area contributed by atoms with Crippen molar-refractivity contribution in [3.63, 3.8) is 0 Å². The van der Waals surface area contributed by atoms with E-state index in [-0.39, 0.29) is 25.3 Å². The zero-order valence-electron chi connectivity index (χ0n) is 18.8. The number of nitrogens with zero attached hydrogens (tertiary/aromatic N) is 4. The van der Waals surface area contributed by atoms with E-state index in [2.05, 4.69) is 30.2 Å². The molecule has 1 aromatic carbocycles. The Labute approximate surface area is 206 Å². The van der Waals surface area contributed by atoms with Crippen LogP contribution >= 0.6 is 0 Å². The third-order valence-electron chi connectivity index (χ3n) is 5.89. The summed E-state index contributed by atoms with van der Waals surface area (Å²) in [6, 6.07) is 9.58. The predicted molar refractivity (Wildman–Crippen MR) is 118 cm³/mol. The minimum atomic E-state index is -5.05. The Morgan fingerprint density at radius 3 is 2.70 bits per heavy atom. The summed E-state index contributed by atoms with van der Waals surface area (Å²) >= 11 is 0. The van der Waals surface area contributed by atoms with Gasteiger partial charge < -0.3 is 19.3 Å². The molecule has 190 valence electrons. The number of carbonyl (C=O) groups is 1. The highest BCUT2D eigenvalue weighted by Crippen LogP contribution is 2.43. The SMILES string of the molecule is O=C(NCC1(c2ccc(OC(F)(F)F)c(F)c2)CCOc2cccnc21)c1ccc(-c2ncon2)cn1. The first kappa shape index (κ1) is 24.2. The van der Waals surface area contributed by atoms with Crippen molar-refractivity contribution in [1.82, 2.24) is 25.4 Å². The number of carbonyl (C=O) groups excluding carboxylic acids is 1. The van der Waals surface area contributed by atoms with Crippen molar-refractivity contribution in [2.45, 2.75) is 18.2 Å². The number of aromatic nitrogens is 4. The van der Waals surface area contributed by atoms with Crippen molar-refractivity contribution in [2.75, 3.05) is 13.2 Å². The van der Waals surface area contributed by atoms with Gasteiger partial charge in [-0.25, -0.2) is 4.39 Å². The number of pyridine rings is 2. The van der Waals surface area contributed by atoms with Gasteiger partial charge in [0.15, 0.2) is 11.6 Å². The number of alkyl halides is 3. The smallest absolute Gasteiger partial charge is 0.492 e. The fraction of sp³-hybridized carbons (Fsp3) is 0.208. The van der Waals surface area contributed by atoms with Gasteiger partial charge in [-0.05, 0) is 48.4 Å². The van der Waals surface area contributed by atoms with Gasteiger partial charge in [-0.3, -0.25) is 14.8 Å². The molecule has 1 atom stereocenters. The molecule has 9 nitrogen and oxygen atoms in total. The standard InChI is InChI=1S/C24H17F4N5O4/c25-16-10-15(4-6-18(16)37-24(26,27)28)23(7-9-35-19-2-1-8-29-20(19)23)12-31-22(34)17-5-3-14(11-30-17)21-32-13-36-33-21/h1-6,8,10-11,13H,7,9,12H2,(H,31,34). The molecule has 0 saturated carbocycles. The van der Waals surface area contributed by atoms with Crippen molar-refractivity contribution < 1.29 is 36.4 Å². The molecule has 1 amide bonds. The van der Waals surface area contributed by atoms with Crippen LogP contribution in [0.2, 0.25) is 0 Å². The molecule has 0 radical (unpaired) electrons. The van der Waals surface area contributed by atoms with Gasteiger partial charge in [-0.2, -0.15) is 4.98 Å². The highest BCUT2D eigenvalue weighted by atomic mass is 19.4. The maximum absolute atomic E-state index is 14.7. The van der Waals surface area contributed by atoms with Crippen molar-refractivity contribution >= 4 is 5.91 Å². The van der Waals surface area contributed by atoms with Gasteiger partial charge in [0, 0.05) is 24.5 Å². The Kier molecular flexibility index (Phi) is 6.19. The molecule has 0 bridgehead atoms. The minimum Gasteiger partial charge on any atom is -0.492 e. The number of fused-ring (bicyclic) bond motifs is 1. The lowest BCUT2D eigenvalue weighted by Gasteiger charge is -2.38. The third kappa shape index (κ3) is 4.92. The highest BCUT2D eigenvalue weighted by molar-refractivity contribution is 5.92. The Morgan fingerprint density at radius 1 is 1.14 bits per heavy atom. The minimum absolute atomic E-state index is 0.0631. The second kappa shape index (κ2) is 9.48. The van der Waals surface area contributed by atoms with Gasteiger partial charge in [-0.1, -0.05) is 11.2 Å². The lowest BCUT2D eigenvalue weighted by atomic mass is 9.73. The normalized spacial score (nSPS) is 17.0. The van der Waals surface area contributed by atoms with Gasteiger partial charge >= 0.3 is 6.36 Å². The molecular weight excluding hydrogens is 498 g/mol. The largest absolute Gasteiger partial charge is 0.573 e. The number of nitrogens with one attached hydrogen (secondary N) is 1. The molecular formula is C24H17F4N5O4. The van der Waals surface area contributed by atoms with E-state index < -0.39 is 29.3 Å². The fourth-order valence-electron chi connectivity index (χ4n) is 4.16. The molecule has 1 N–H and O–H groups in total. The molecule has 0 saturated heterocycles. The lowest BCUT2D eigenvalue weighted by molar-refractivity contribution is -0.275. The molecule has 5 rings (SSSR count). The number of amides is 1. The Balaban J connectivity index is 1.45. The van der Waals surface area contributed by atoms with E-state index in [1.165, 1.54) is 30.9 Å². The Bertz CT molecular complexity index is 1410. The van der Waals surface area contributed by atoms with Gasteiger partial charge in [0.1, 0.15) is 11.4 Å². The molecule has 3 aromatic heterocycles. The van der Waals surface area contributed by atoms with Crippen LogP contribution in [0.15, 0.2) is 65.8 Å². The second-order valence-electron chi connectivity index (χ2n) is 8.09. The Hall–Kier alpha value is -4.55. The van der Waals surface area contributed by atoms with E-state index in [0.29, 0.717) is 28.4 Å². The fourth-order valence-corrected chi connectivity index (χ4v) is 4.16. The first-order valence-corrected chi connectivity index (χ1v) is 10.9. The molecule has 4 aromatic rings. The summed E-state index contributed by atoms with van der Waals surface area (Å²) in [6.45, 7) is 0.140. The van der Waals surface area contributed by atoms with Crippen LogP contribution in [-0.4, -0.2) is 45.5 Å². The van der Waals surface area contributed by atoms with Crippen LogP contribution in [0, 0.1) is 5.82 Å². The summed E-state index contributed by atoms with van der Waals surface area (Å²) in [4.78, 5) is 25.4. The molecule has 0 spiro atoms. The number of benzene rings is 1. The van der Waals surface area contributed by atoms with Crippen LogP contribution in [-0.2, 0) is 5.41 Å². The first-order chi connectivity index (χ1) is 17.7. The van der Waals surface area contributed by atoms with Gasteiger partial charge in [0.25, 0.3) is 5.91 Å². The van der Waals surface area contributed by atoms with Crippen LogP contribution in [0.3, 0.4) is 0 Å². The number of hydrogen-bond donors (Lipinski definition) is 1. The number of halogens is 4. The Morgan fingerprint density at radius 2 is 2.00 bits per heavy atom. The summed E-state index contributed by atoms with van der Waals surface area (Å²) in [5.41, 5.74) is 0.235. The van der Waals surface area contributed by atoms with E-state index >= 15 is 0 Å². The van der Waals surface area contributed by atoms with Crippen molar-refractivity contribution in [3.8, 4) is 22.9 Å². The van der Waals surface area contributed by atoms with E-state index in [9.17, 15) is 22.4 Å². The lowest BCUT2D eigenvalue weighted by Crippen LogP contribution is -2.45. The zero-order valence-corrected chi connectivity index (χ0v) is 18.8. The van der Waals surface area contributed by atoms with Gasteiger partial charge in [0.05, 0.1) is 17.7 Å². The van der Waals surface area contributed by atoms with E-state index in [1.807, 2.05) is 0 Å². The van der Waals surface area contributed by atoms with E-state index in [0.717, 1.165) is 12.1 Å². The number of ether oxygens (including phenoxy) is 2. The quantitative estimate of drug-likeness (QED) is 0.383. The molecule has 0 fully saturated rings. The summed E-state index contributed by atoms with van der Waals surface area (Å²) in [5, 5.41) is 6.50. The van der Waals surface area contributed by atoms with Crippen molar-refractivity contribution in [1.29, 1.82) is 0 Å². The summed E-state index contributed by atoms with van der Waals surface area (Å²) in [7, 11) is 0. The monoisotopic (exact) mass is 515 g/mol. The molecule has 13 heteroatoms. The van der Waals surface area contributed by atoms with E-state index in [1.54, 1.807) is 18.2 Å². The van der Waals surface area contributed by atoms with Crippen LogP contribution in [0.4, 0.5) is 17.6 Å².